The maximum atomic E-state index is 13.5. The van der Waals surface area contributed by atoms with Gasteiger partial charge in [-0.05, 0) is 35.4 Å². The molecular formula is C20H24FN3O2. The van der Waals surface area contributed by atoms with E-state index in [0.717, 1.165) is 30.0 Å². The van der Waals surface area contributed by atoms with E-state index in [1.807, 2.05) is 30.3 Å². The Balaban J connectivity index is 1.57. The number of halogens is 1. The number of hydrogen-bond acceptors (Lipinski definition) is 4. The number of methoxy groups -OCH3 is 1. The first-order chi connectivity index (χ1) is 12.7. The summed E-state index contributed by atoms with van der Waals surface area (Å²) in [5.74, 6) is 0.500. The molecule has 1 unspecified atom stereocenters. The number of nitrogens with one attached hydrogen (secondary N) is 2. The minimum Gasteiger partial charge on any atom is -0.497 e. The van der Waals surface area contributed by atoms with Crippen molar-refractivity contribution in [3.05, 3.63) is 65.5 Å². The molecule has 0 spiro atoms. The molecule has 1 saturated heterocycles. The van der Waals surface area contributed by atoms with Crippen LogP contribution in [-0.4, -0.2) is 44.1 Å². The Labute approximate surface area is 153 Å². The van der Waals surface area contributed by atoms with Crippen molar-refractivity contribution in [3.63, 3.8) is 0 Å². The quantitative estimate of drug-likeness (QED) is 0.831. The Bertz CT molecular complexity index is 736. The molecular weight excluding hydrogens is 333 g/mol. The molecule has 0 radical (unpaired) electrons. The third-order valence-electron chi connectivity index (χ3n) is 4.58. The van der Waals surface area contributed by atoms with E-state index in [1.54, 1.807) is 19.2 Å². The SMILES string of the molecule is COc1ccc(CNC(=O)CN2CCNCC2c2cccc(F)c2)cc1. The number of ether oxygens (including phenoxy) is 1. The van der Waals surface area contributed by atoms with E-state index in [2.05, 4.69) is 15.5 Å². The molecule has 1 atom stereocenters. The Kier molecular flexibility index (Phi) is 6.20. The molecule has 1 aliphatic heterocycles. The summed E-state index contributed by atoms with van der Waals surface area (Å²) in [7, 11) is 1.62. The molecule has 26 heavy (non-hydrogen) atoms. The van der Waals surface area contributed by atoms with Crippen LogP contribution < -0.4 is 15.4 Å². The van der Waals surface area contributed by atoms with Crippen molar-refractivity contribution in [2.24, 2.45) is 0 Å². The van der Waals surface area contributed by atoms with Gasteiger partial charge in [-0.15, -0.1) is 0 Å². The van der Waals surface area contributed by atoms with E-state index >= 15 is 0 Å². The molecule has 0 aromatic heterocycles. The Morgan fingerprint density at radius 2 is 2.12 bits per heavy atom. The van der Waals surface area contributed by atoms with Gasteiger partial charge in [0.05, 0.1) is 13.7 Å². The van der Waals surface area contributed by atoms with Gasteiger partial charge in [0.2, 0.25) is 5.91 Å². The lowest BCUT2D eigenvalue weighted by molar-refractivity contribution is -0.123. The molecule has 2 N–H and O–H groups in total. The van der Waals surface area contributed by atoms with Crippen molar-refractivity contribution in [1.82, 2.24) is 15.5 Å². The van der Waals surface area contributed by atoms with Gasteiger partial charge in [-0.3, -0.25) is 9.69 Å². The highest BCUT2D eigenvalue weighted by atomic mass is 19.1. The van der Waals surface area contributed by atoms with E-state index in [4.69, 9.17) is 4.74 Å². The van der Waals surface area contributed by atoms with Crippen LogP contribution in [0.1, 0.15) is 17.2 Å². The van der Waals surface area contributed by atoms with Gasteiger partial charge in [0.15, 0.2) is 0 Å². The number of rotatable bonds is 6. The van der Waals surface area contributed by atoms with Gasteiger partial charge in [0.1, 0.15) is 11.6 Å². The van der Waals surface area contributed by atoms with Crippen LogP contribution in [-0.2, 0) is 11.3 Å². The highest BCUT2D eigenvalue weighted by Crippen LogP contribution is 2.22. The first-order valence-electron chi connectivity index (χ1n) is 8.75. The van der Waals surface area contributed by atoms with E-state index in [0.29, 0.717) is 19.6 Å². The topological polar surface area (TPSA) is 53.6 Å². The lowest BCUT2D eigenvalue weighted by Gasteiger charge is -2.36. The number of carbonyl (C=O) groups is 1. The van der Waals surface area contributed by atoms with Gasteiger partial charge in [-0.1, -0.05) is 24.3 Å². The zero-order valence-electron chi connectivity index (χ0n) is 14.9. The van der Waals surface area contributed by atoms with Crippen LogP contribution in [0.5, 0.6) is 5.75 Å². The molecule has 2 aromatic rings. The highest BCUT2D eigenvalue weighted by molar-refractivity contribution is 5.78. The van der Waals surface area contributed by atoms with Gasteiger partial charge >= 0.3 is 0 Å². The van der Waals surface area contributed by atoms with Crippen molar-refractivity contribution in [3.8, 4) is 5.75 Å². The predicted octanol–water partition coefficient (Wildman–Crippen LogP) is 2.10. The summed E-state index contributed by atoms with van der Waals surface area (Å²) in [6, 6.07) is 14.2. The minimum absolute atomic E-state index is 0.00816. The molecule has 3 rings (SSSR count). The summed E-state index contributed by atoms with van der Waals surface area (Å²) < 4.78 is 18.7. The molecule has 1 amide bonds. The fourth-order valence-electron chi connectivity index (χ4n) is 3.16. The lowest BCUT2D eigenvalue weighted by atomic mass is 10.0. The molecule has 6 heteroatoms. The number of amides is 1. The molecule has 0 aliphatic carbocycles. The standard InChI is InChI=1S/C20H24FN3O2/c1-26-18-7-5-15(6-8-18)12-23-20(25)14-24-10-9-22-13-19(24)16-3-2-4-17(21)11-16/h2-8,11,19,22H,9-10,12-14H2,1H3,(H,23,25). The monoisotopic (exact) mass is 357 g/mol. The average Bonchev–Trinajstić information content (AvgIpc) is 2.67. The average molecular weight is 357 g/mol. The summed E-state index contributed by atoms with van der Waals surface area (Å²) in [5.41, 5.74) is 1.90. The van der Waals surface area contributed by atoms with E-state index < -0.39 is 0 Å². The van der Waals surface area contributed by atoms with Crippen LogP contribution in [0, 0.1) is 5.82 Å². The third-order valence-corrected chi connectivity index (χ3v) is 4.58. The first-order valence-corrected chi connectivity index (χ1v) is 8.75. The zero-order chi connectivity index (χ0) is 18.4. The van der Waals surface area contributed by atoms with Crippen LogP contribution in [0.3, 0.4) is 0 Å². The number of hydrogen-bond donors (Lipinski definition) is 2. The van der Waals surface area contributed by atoms with Crippen molar-refractivity contribution in [1.29, 1.82) is 0 Å². The number of piperazine rings is 1. The number of benzene rings is 2. The number of nitrogens with zero attached hydrogens (tertiary/aromatic N) is 1. The summed E-state index contributed by atoms with van der Waals surface area (Å²) in [6.45, 7) is 3.03. The molecule has 2 aromatic carbocycles. The van der Waals surface area contributed by atoms with Crippen LogP contribution in [0.4, 0.5) is 4.39 Å². The molecule has 1 aliphatic rings. The van der Waals surface area contributed by atoms with Gasteiger partial charge in [-0.2, -0.15) is 0 Å². The van der Waals surface area contributed by atoms with E-state index in [9.17, 15) is 9.18 Å². The summed E-state index contributed by atoms with van der Waals surface area (Å²) in [5, 5.41) is 6.27. The largest absolute Gasteiger partial charge is 0.497 e. The van der Waals surface area contributed by atoms with Crippen molar-refractivity contribution in [2.75, 3.05) is 33.3 Å². The third kappa shape index (κ3) is 4.80. The van der Waals surface area contributed by atoms with Gasteiger partial charge in [0, 0.05) is 32.2 Å². The highest BCUT2D eigenvalue weighted by Gasteiger charge is 2.25. The molecule has 0 saturated carbocycles. The second-order valence-corrected chi connectivity index (χ2v) is 6.37. The molecule has 0 bridgehead atoms. The van der Waals surface area contributed by atoms with E-state index in [1.165, 1.54) is 6.07 Å². The van der Waals surface area contributed by atoms with Gasteiger partial charge in [0.25, 0.3) is 0 Å². The maximum absolute atomic E-state index is 13.5. The summed E-state index contributed by atoms with van der Waals surface area (Å²) in [6.07, 6.45) is 0. The van der Waals surface area contributed by atoms with Crippen molar-refractivity contribution < 1.29 is 13.9 Å². The van der Waals surface area contributed by atoms with Crippen LogP contribution >= 0.6 is 0 Å². The summed E-state index contributed by atoms with van der Waals surface area (Å²) in [4.78, 5) is 14.5. The second kappa shape index (κ2) is 8.78. The maximum Gasteiger partial charge on any atom is 0.234 e. The van der Waals surface area contributed by atoms with Crippen LogP contribution in [0.2, 0.25) is 0 Å². The Morgan fingerprint density at radius 3 is 2.85 bits per heavy atom. The predicted molar refractivity (Wildman–Crippen MR) is 98.4 cm³/mol. The fourth-order valence-corrected chi connectivity index (χ4v) is 3.16. The normalized spacial score (nSPS) is 17.7. The zero-order valence-corrected chi connectivity index (χ0v) is 14.9. The Hall–Kier alpha value is -2.44. The van der Waals surface area contributed by atoms with Gasteiger partial charge in [-0.25, -0.2) is 4.39 Å². The van der Waals surface area contributed by atoms with Gasteiger partial charge < -0.3 is 15.4 Å². The lowest BCUT2D eigenvalue weighted by Crippen LogP contribution is -2.49. The number of carbonyl (C=O) groups excluding carboxylic acids is 1. The molecule has 1 fully saturated rings. The Morgan fingerprint density at radius 1 is 1.31 bits per heavy atom. The van der Waals surface area contributed by atoms with E-state index in [-0.39, 0.29) is 17.8 Å². The molecule has 1 heterocycles. The van der Waals surface area contributed by atoms with Crippen LogP contribution in [0.25, 0.3) is 0 Å². The van der Waals surface area contributed by atoms with Crippen LogP contribution in [0.15, 0.2) is 48.5 Å². The molecule has 5 nitrogen and oxygen atoms in total. The summed E-state index contributed by atoms with van der Waals surface area (Å²) >= 11 is 0. The smallest absolute Gasteiger partial charge is 0.234 e. The molecule has 138 valence electrons. The second-order valence-electron chi connectivity index (χ2n) is 6.37. The minimum atomic E-state index is -0.253. The fraction of sp³-hybridized carbons (Fsp3) is 0.350. The first kappa shape index (κ1) is 18.4. The van der Waals surface area contributed by atoms with Crippen molar-refractivity contribution in [2.45, 2.75) is 12.6 Å². The van der Waals surface area contributed by atoms with Crippen molar-refractivity contribution >= 4 is 5.91 Å².